The van der Waals surface area contributed by atoms with Crippen molar-refractivity contribution in [3.05, 3.63) is 35.1 Å². The maximum absolute atomic E-state index is 14.1. The summed E-state index contributed by atoms with van der Waals surface area (Å²) < 4.78 is 60.0. The zero-order chi connectivity index (χ0) is 20.6. The van der Waals surface area contributed by atoms with Crippen LogP contribution in [-0.2, 0) is 21.2 Å². The van der Waals surface area contributed by atoms with Crippen LogP contribution < -0.4 is 5.32 Å². The normalized spacial score (nSPS) is 23.9. The van der Waals surface area contributed by atoms with E-state index in [4.69, 9.17) is 4.74 Å². The highest BCUT2D eigenvalue weighted by Crippen LogP contribution is 2.44. The van der Waals surface area contributed by atoms with Gasteiger partial charge in [0.25, 0.3) is 0 Å². The highest BCUT2D eigenvalue weighted by molar-refractivity contribution is 5.95. The van der Waals surface area contributed by atoms with Crippen LogP contribution in [0.4, 0.5) is 22.4 Å². The van der Waals surface area contributed by atoms with Crippen LogP contribution >= 0.6 is 0 Å². The molecule has 2 atom stereocenters. The van der Waals surface area contributed by atoms with Crippen molar-refractivity contribution in [3.8, 4) is 0 Å². The molecule has 2 rings (SSSR count). The molecule has 4 nitrogen and oxygen atoms in total. The second kappa shape index (κ2) is 7.13. The van der Waals surface area contributed by atoms with E-state index in [0.29, 0.717) is 18.9 Å². The molecule has 0 saturated heterocycles. The van der Waals surface area contributed by atoms with Crippen LogP contribution in [0.15, 0.2) is 18.2 Å². The molecule has 0 bridgehead atoms. The molecule has 27 heavy (non-hydrogen) atoms. The van der Waals surface area contributed by atoms with Gasteiger partial charge in [-0.15, -0.1) is 0 Å². The number of carbonyl (C=O) groups is 2. The molecule has 0 aromatic heterocycles. The topological polar surface area (TPSA) is 55.4 Å². The SMILES string of the molecule is CC1CCCC(NC(=O)OC(C)(C)C)(c2cccc(F)c2C(F)(F)F)C1=O. The summed E-state index contributed by atoms with van der Waals surface area (Å²) in [4.78, 5) is 25.3. The van der Waals surface area contributed by atoms with Gasteiger partial charge in [0.05, 0.1) is 5.56 Å². The average molecular weight is 389 g/mol. The predicted octanol–water partition coefficient (Wildman–Crippen LogP) is 4.95. The number of ether oxygens (including phenoxy) is 1. The fourth-order valence-corrected chi connectivity index (χ4v) is 3.45. The molecule has 0 spiro atoms. The van der Waals surface area contributed by atoms with Gasteiger partial charge in [-0.3, -0.25) is 4.79 Å². The second-order valence-corrected chi connectivity index (χ2v) is 7.85. The molecule has 1 saturated carbocycles. The number of carbonyl (C=O) groups excluding carboxylic acids is 2. The van der Waals surface area contributed by atoms with Crippen LogP contribution in [0.5, 0.6) is 0 Å². The van der Waals surface area contributed by atoms with Gasteiger partial charge in [0.2, 0.25) is 0 Å². The first kappa shape index (κ1) is 21.2. The number of nitrogens with one attached hydrogen (secondary N) is 1. The standard InChI is InChI=1S/C19H23F4NO3/c1-11-7-6-10-18(15(11)25,24-16(26)27-17(2,3)4)12-8-5-9-13(20)14(12)19(21,22)23/h5,8-9,11H,6-7,10H2,1-4H3,(H,24,26). The van der Waals surface area contributed by atoms with Crippen molar-refractivity contribution in [2.75, 3.05) is 0 Å². The van der Waals surface area contributed by atoms with Crippen molar-refractivity contribution in [2.24, 2.45) is 5.92 Å². The minimum absolute atomic E-state index is 0.0675. The summed E-state index contributed by atoms with van der Waals surface area (Å²) in [7, 11) is 0. The Morgan fingerprint density at radius 2 is 1.89 bits per heavy atom. The lowest BCUT2D eigenvalue weighted by molar-refractivity contribution is -0.143. The Morgan fingerprint density at radius 3 is 2.44 bits per heavy atom. The summed E-state index contributed by atoms with van der Waals surface area (Å²) in [5.41, 5.74) is -5.03. The zero-order valence-electron chi connectivity index (χ0n) is 15.7. The molecule has 2 unspecified atom stereocenters. The van der Waals surface area contributed by atoms with Crippen LogP contribution in [-0.4, -0.2) is 17.5 Å². The van der Waals surface area contributed by atoms with E-state index < -0.39 is 52.1 Å². The van der Waals surface area contributed by atoms with Crippen LogP contribution in [0.3, 0.4) is 0 Å². The Labute approximate surface area is 155 Å². The number of alkyl carbamates (subject to hydrolysis) is 1. The number of amides is 1. The minimum Gasteiger partial charge on any atom is -0.444 e. The summed E-state index contributed by atoms with van der Waals surface area (Å²) in [6.07, 6.45) is -5.24. The monoisotopic (exact) mass is 389 g/mol. The quantitative estimate of drug-likeness (QED) is 0.728. The number of benzene rings is 1. The molecular weight excluding hydrogens is 366 g/mol. The van der Waals surface area contributed by atoms with E-state index >= 15 is 0 Å². The molecule has 1 aromatic carbocycles. The number of halogens is 4. The first-order valence-corrected chi connectivity index (χ1v) is 8.69. The summed E-state index contributed by atoms with van der Waals surface area (Å²) >= 11 is 0. The number of Topliss-reactive ketones (excluding diaryl/α,β-unsaturated/α-hetero) is 1. The number of hydrogen-bond acceptors (Lipinski definition) is 3. The highest BCUT2D eigenvalue weighted by atomic mass is 19.4. The summed E-state index contributed by atoms with van der Waals surface area (Å²) in [5.74, 6) is -2.66. The fraction of sp³-hybridized carbons (Fsp3) is 0.579. The number of ketones is 1. The van der Waals surface area contributed by atoms with Gasteiger partial charge in [-0.2, -0.15) is 13.2 Å². The molecule has 1 aliphatic rings. The molecule has 150 valence electrons. The van der Waals surface area contributed by atoms with Crippen molar-refractivity contribution < 1.29 is 31.9 Å². The molecule has 0 heterocycles. The lowest BCUT2D eigenvalue weighted by Gasteiger charge is -2.41. The van der Waals surface area contributed by atoms with Crippen molar-refractivity contribution in [3.63, 3.8) is 0 Å². The van der Waals surface area contributed by atoms with E-state index in [2.05, 4.69) is 5.32 Å². The van der Waals surface area contributed by atoms with Crippen molar-refractivity contribution >= 4 is 11.9 Å². The van der Waals surface area contributed by atoms with E-state index in [1.165, 1.54) is 0 Å². The largest absolute Gasteiger partial charge is 0.444 e. The first-order chi connectivity index (χ1) is 12.3. The van der Waals surface area contributed by atoms with Crippen LogP contribution in [0.1, 0.15) is 58.1 Å². The number of alkyl halides is 3. The van der Waals surface area contributed by atoms with Crippen molar-refractivity contribution in [2.45, 2.75) is 64.3 Å². The van der Waals surface area contributed by atoms with Gasteiger partial charge in [0, 0.05) is 11.5 Å². The Balaban J connectivity index is 2.64. The van der Waals surface area contributed by atoms with Gasteiger partial charge in [0.1, 0.15) is 17.0 Å². The van der Waals surface area contributed by atoms with Crippen LogP contribution in [0.25, 0.3) is 0 Å². The van der Waals surface area contributed by atoms with Crippen molar-refractivity contribution in [1.82, 2.24) is 5.32 Å². The van der Waals surface area contributed by atoms with Gasteiger partial charge >= 0.3 is 12.3 Å². The van der Waals surface area contributed by atoms with Crippen molar-refractivity contribution in [1.29, 1.82) is 0 Å². The Morgan fingerprint density at radius 1 is 1.26 bits per heavy atom. The van der Waals surface area contributed by atoms with E-state index in [1.54, 1.807) is 27.7 Å². The van der Waals surface area contributed by atoms with Gasteiger partial charge in [-0.1, -0.05) is 19.1 Å². The molecular formula is C19H23F4NO3. The molecule has 0 radical (unpaired) electrons. The zero-order valence-corrected chi connectivity index (χ0v) is 15.7. The second-order valence-electron chi connectivity index (χ2n) is 7.85. The van der Waals surface area contributed by atoms with E-state index in [1.807, 2.05) is 0 Å². The molecule has 1 aromatic rings. The Hall–Kier alpha value is -2.12. The molecule has 0 aliphatic heterocycles. The Kier molecular flexibility index (Phi) is 5.59. The smallest absolute Gasteiger partial charge is 0.419 e. The van der Waals surface area contributed by atoms with Gasteiger partial charge in [-0.25, -0.2) is 9.18 Å². The molecule has 8 heteroatoms. The van der Waals surface area contributed by atoms with E-state index in [-0.39, 0.29) is 6.42 Å². The van der Waals surface area contributed by atoms with Gasteiger partial charge < -0.3 is 10.1 Å². The molecule has 1 fully saturated rings. The molecule has 1 N–H and O–H groups in total. The van der Waals surface area contributed by atoms with Gasteiger partial charge in [-0.05, 0) is 46.1 Å². The van der Waals surface area contributed by atoms with Crippen LogP contribution in [0, 0.1) is 11.7 Å². The van der Waals surface area contributed by atoms with E-state index in [0.717, 1.165) is 12.1 Å². The maximum Gasteiger partial charge on any atom is 0.419 e. The maximum atomic E-state index is 14.1. The minimum atomic E-state index is -5.02. The lowest BCUT2D eigenvalue weighted by Crippen LogP contribution is -2.57. The summed E-state index contributed by atoms with van der Waals surface area (Å²) in [6, 6.07) is 2.83. The highest BCUT2D eigenvalue weighted by Gasteiger charge is 2.51. The number of rotatable bonds is 2. The third-order valence-corrected chi connectivity index (χ3v) is 4.53. The van der Waals surface area contributed by atoms with E-state index in [9.17, 15) is 27.2 Å². The van der Waals surface area contributed by atoms with Crippen LogP contribution in [0.2, 0.25) is 0 Å². The molecule has 1 aliphatic carbocycles. The lowest BCUT2D eigenvalue weighted by atomic mass is 9.70. The summed E-state index contributed by atoms with van der Waals surface area (Å²) in [6.45, 7) is 6.36. The third-order valence-electron chi connectivity index (χ3n) is 4.53. The third kappa shape index (κ3) is 4.42. The Bertz CT molecular complexity index is 739. The number of hydrogen-bond donors (Lipinski definition) is 1. The summed E-state index contributed by atoms with van der Waals surface area (Å²) in [5, 5.41) is 2.35. The average Bonchev–Trinajstić information content (AvgIpc) is 2.48. The first-order valence-electron chi connectivity index (χ1n) is 8.69. The fourth-order valence-electron chi connectivity index (χ4n) is 3.45. The van der Waals surface area contributed by atoms with Gasteiger partial charge in [0.15, 0.2) is 5.78 Å². The molecule has 1 amide bonds. The predicted molar refractivity (Wildman–Crippen MR) is 90.5 cm³/mol.